The number of carbonyl (C=O) groups is 1. The van der Waals surface area contributed by atoms with E-state index in [2.05, 4.69) is 28.5 Å². The van der Waals surface area contributed by atoms with Gasteiger partial charge in [0.15, 0.2) is 5.90 Å². The lowest BCUT2D eigenvalue weighted by Crippen LogP contribution is -2.27. The Kier molecular flexibility index (Phi) is 9.36. The molecule has 15 heteroatoms. The molecule has 2 aromatic carbocycles. The maximum atomic E-state index is 15.4. The van der Waals surface area contributed by atoms with Gasteiger partial charge < -0.3 is 24.4 Å². The molecule has 1 saturated heterocycles. The maximum Gasteiger partial charge on any atom is 0.412 e. The van der Waals surface area contributed by atoms with Gasteiger partial charge in [0.1, 0.15) is 28.3 Å². The standard InChI is InChI=1S/C34H36ClFN8O4S/c1-6-22(38)47-23(39)12-40-30-26-20-15-46-14-19(20)24(27(35)28(26)41-32(42-30)44-10-9-16(2)13-44)17-7-8-21(36)29-25(17)18(11-37)31(49-29)43-33(45)48-34(3,4)5/h7-8,16,38-39H,6,9-10,12-15H2,1-5H3,(H,43,45)(H,40,41,42)/t16-/m0/s1. The van der Waals surface area contributed by atoms with Crippen molar-refractivity contribution in [3.63, 3.8) is 0 Å². The van der Waals surface area contributed by atoms with Crippen LogP contribution in [0.3, 0.4) is 0 Å². The van der Waals surface area contributed by atoms with Gasteiger partial charge in [0.25, 0.3) is 0 Å². The summed E-state index contributed by atoms with van der Waals surface area (Å²) in [7, 11) is 0. The maximum absolute atomic E-state index is 15.4. The number of benzene rings is 2. The Hall–Kier alpha value is -4.58. The molecule has 0 spiro atoms. The van der Waals surface area contributed by atoms with E-state index in [0.29, 0.717) is 51.5 Å². The number of amides is 1. The average molecular weight is 707 g/mol. The van der Waals surface area contributed by atoms with E-state index < -0.39 is 17.5 Å². The van der Waals surface area contributed by atoms with Gasteiger partial charge in [0.05, 0.1) is 45.9 Å². The number of ether oxygens (including phenoxy) is 3. The smallest absolute Gasteiger partial charge is 0.412 e. The lowest BCUT2D eigenvalue weighted by molar-refractivity contribution is 0.0636. The molecule has 1 fully saturated rings. The minimum atomic E-state index is -0.781. The Morgan fingerprint density at radius 3 is 2.65 bits per heavy atom. The van der Waals surface area contributed by atoms with E-state index in [4.69, 9.17) is 46.6 Å². The highest BCUT2D eigenvalue weighted by Gasteiger charge is 2.32. The molecule has 0 radical (unpaired) electrons. The largest absolute Gasteiger partial charge is 0.444 e. The van der Waals surface area contributed by atoms with Crippen LogP contribution < -0.4 is 15.5 Å². The zero-order valence-electron chi connectivity index (χ0n) is 27.8. The third kappa shape index (κ3) is 6.70. The SMILES string of the molecule is CCC(=N)OC(=N)CNc1nc(N2CC[C@H](C)C2)nc2c(Cl)c(-c3ccc(F)c4sc(NC(=O)OC(C)(C)C)c(C#N)c34)c3c(c12)COC3. The van der Waals surface area contributed by atoms with E-state index in [1.165, 1.54) is 6.07 Å². The van der Waals surface area contributed by atoms with E-state index in [-0.39, 0.29) is 51.8 Å². The summed E-state index contributed by atoms with van der Waals surface area (Å²) < 4.78 is 32.3. The van der Waals surface area contributed by atoms with Gasteiger partial charge in [0, 0.05) is 30.5 Å². The molecular weight excluding hydrogens is 671 g/mol. The second-order valence-corrected chi connectivity index (χ2v) is 14.5. The van der Waals surface area contributed by atoms with Crippen LogP contribution in [-0.4, -0.2) is 53.1 Å². The fourth-order valence-electron chi connectivity index (χ4n) is 6.08. The van der Waals surface area contributed by atoms with Crippen LogP contribution in [0.15, 0.2) is 12.1 Å². The highest BCUT2D eigenvalue weighted by atomic mass is 35.5. The highest BCUT2D eigenvalue weighted by Crippen LogP contribution is 2.49. The summed E-state index contributed by atoms with van der Waals surface area (Å²) in [5.41, 5.74) is 2.27. The quantitative estimate of drug-likeness (QED) is 0.109. The molecule has 2 aliphatic rings. The number of nitrogens with one attached hydrogen (secondary N) is 4. The fourth-order valence-corrected chi connectivity index (χ4v) is 7.50. The van der Waals surface area contributed by atoms with Gasteiger partial charge in [-0.2, -0.15) is 10.2 Å². The summed E-state index contributed by atoms with van der Waals surface area (Å²) in [5, 5.41) is 33.6. The van der Waals surface area contributed by atoms with Gasteiger partial charge in [0.2, 0.25) is 11.8 Å². The molecule has 2 aliphatic heterocycles. The average Bonchev–Trinajstić information content (AvgIpc) is 3.78. The molecule has 0 saturated carbocycles. The summed E-state index contributed by atoms with van der Waals surface area (Å²) in [4.78, 5) is 24.7. The van der Waals surface area contributed by atoms with Gasteiger partial charge >= 0.3 is 6.09 Å². The molecule has 1 amide bonds. The Labute approximate surface area is 291 Å². The molecule has 4 aromatic rings. The van der Waals surface area contributed by atoms with Crippen molar-refractivity contribution in [3.05, 3.63) is 39.7 Å². The molecule has 2 aromatic heterocycles. The van der Waals surface area contributed by atoms with Gasteiger partial charge in [-0.05, 0) is 55.9 Å². The fraction of sp³-hybridized carbons (Fsp3) is 0.412. The molecule has 0 bridgehead atoms. The van der Waals surface area contributed by atoms with Gasteiger partial charge in [-0.15, -0.1) is 11.3 Å². The number of hydrogen-bond donors (Lipinski definition) is 4. The van der Waals surface area contributed by atoms with E-state index in [1.54, 1.807) is 33.8 Å². The van der Waals surface area contributed by atoms with Crippen LogP contribution in [-0.2, 0) is 27.4 Å². The van der Waals surface area contributed by atoms with Crippen LogP contribution >= 0.6 is 22.9 Å². The van der Waals surface area contributed by atoms with Gasteiger partial charge in [-0.25, -0.2) is 14.2 Å². The van der Waals surface area contributed by atoms with Gasteiger partial charge in [-0.3, -0.25) is 16.1 Å². The minimum absolute atomic E-state index is 0.0201. The van der Waals surface area contributed by atoms with E-state index >= 15 is 4.39 Å². The number of carbonyl (C=O) groups excluding carboxylic acids is 1. The molecule has 4 heterocycles. The number of nitriles is 1. The molecule has 0 unspecified atom stereocenters. The first kappa shape index (κ1) is 34.3. The van der Waals surface area contributed by atoms with Crippen molar-refractivity contribution in [3.8, 4) is 17.2 Å². The number of thiophene rings is 1. The first-order valence-electron chi connectivity index (χ1n) is 15.9. The monoisotopic (exact) mass is 706 g/mol. The van der Waals surface area contributed by atoms with Crippen molar-refractivity contribution in [2.45, 2.75) is 66.3 Å². The number of halogens is 2. The van der Waals surface area contributed by atoms with Crippen molar-refractivity contribution in [2.24, 2.45) is 5.92 Å². The zero-order valence-corrected chi connectivity index (χ0v) is 29.3. The molecule has 6 rings (SSSR count). The number of hydrogen-bond acceptors (Lipinski definition) is 12. The lowest BCUT2D eigenvalue weighted by Gasteiger charge is -2.22. The van der Waals surface area contributed by atoms with Crippen molar-refractivity contribution in [1.29, 1.82) is 16.1 Å². The highest BCUT2D eigenvalue weighted by molar-refractivity contribution is 7.23. The van der Waals surface area contributed by atoms with Crippen LogP contribution in [0.2, 0.25) is 5.02 Å². The number of rotatable bonds is 7. The first-order chi connectivity index (χ1) is 23.3. The molecular formula is C34H36ClFN8O4S. The second-order valence-electron chi connectivity index (χ2n) is 13.1. The summed E-state index contributed by atoms with van der Waals surface area (Å²) >= 11 is 8.28. The summed E-state index contributed by atoms with van der Waals surface area (Å²) in [6.07, 6.45) is 0.564. The van der Waals surface area contributed by atoms with Crippen molar-refractivity contribution < 1.29 is 23.4 Å². The third-order valence-electron chi connectivity index (χ3n) is 8.26. The minimum Gasteiger partial charge on any atom is -0.444 e. The van der Waals surface area contributed by atoms with E-state index in [9.17, 15) is 10.1 Å². The van der Waals surface area contributed by atoms with Crippen LogP contribution in [0, 0.1) is 33.9 Å². The molecule has 1 atom stereocenters. The Bertz CT molecular complexity index is 2070. The number of fused-ring (bicyclic) bond motifs is 4. The first-order valence-corrected chi connectivity index (χ1v) is 17.1. The van der Waals surface area contributed by atoms with E-state index in [0.717, 1.165) is 42.0 Å². The summed E-state index contributed by atoms with van der Waals surface area (Å²) in [6.45, 7) is 11.0. The predicted molar refractivity (Wildman–Crippen MR) is 190 cm³/mol. The molecule has 4 N–H and O–H groups in total. The number of nitrogens with zero attached hydrogens (tertiary/aromatic N) is 4. The Morgan fingerprint density at radius 2 is 1.98 bits per heavy atom. The van der Waals surface area contributed by atoms with Crippen molar-refractivity contribution in [1.82, 2.24) is 9.97 Å². The molecule has 0 aliphatic carbocycles. The van der Waals surface area contributed by atoms with Crippen LogP contribution in [0.1, 0.15) is 64.2 Å². The lowest BCUT2D eigenvalue weighted by atomic mass is 9.91. The normalized spacial score (nSPS) is 15.7. The van der Waals surface area contributed by atoms with Crippen LogP contribution in [0.4, 0.5) is 26.0 Å². The van der Waals surface area contributed by atoms with Crippen LogP contribution in [0.5, 0.6) is 0 Å². The number of anilines is 3. The molecule has 49 heavy (non-hydrogen) atoms. The summed E-state index contributed by atoms with van der Waals surface area (Å²) in [5.74, 6) is 0.622. The zero-order chi connectivity index (χ0) is 35.2. The van der Waals surface area contributed by atoms with Crippen molar-refractivity contribution in [2.75, 3.05) is 35.2 Å². The Balaban J connectivity index is 1.55. The van der Waals surface area contributed by atoms with Gasteiger partial charge in [-0.1, -0.05) is 31.5 Å². The molecule has 12 nitrogen and oxygen atoms in total. The van der Waals surface area contributed by atoms with Crippen molar-refractivity contribution >= 4 is 78.6 Å². The molecule has 256 valence electrons. The third-order valence-corrected chi connectivity index (χ3v) is 9.74. The predicted octanol–water partition coefficient (Wildman–Crippen LogP) is 8.19. The van der Waals surface area contributed by atoms with E-state index in [1.807, 2.05) is 0 Å². The number of aromatic nitrogens is 2. The summed E-state index contributed by atoms with van der Waals surface area (Å²) in [6, 6.07) is 5.06. The topological polar surface area (TPSA) is 169 Å². The van der Waals surface area contributed by atoms with Crippen LogP contribution in [0.25, 0.3) is 32.1 Å². The second kappa shape index (κ2) is 13.4. The Morgan fingerprint density at radius 1 is 1.22 bits per heavy atom.